The number of aliphatic hydroxyl groups excluding tert-OH is 1. The van der Waals surface area contributed by atoms with Gasteiger partial charge in [-0.05, 0) is 41.8 Å². The van der Waals surface area contributed by atoms with Crippen LogP contribution < -0.4 is 4.74 Å². The maximum absolute atomic E-state index is 15.1. The minimum atomic E-state index is -3.37. The summed E-state index contributed by atoms with van der Waals surface area (Å²) in [5.74, 6) is -0.720. The fraction of sp³-hybridized carbons (Fsp3) is 0.269. The third kappa shape index (κ3) is 3.91. The first kappa shape index (κ1) is 22.7. The summed E-state index contributed by atoms with van der Waals surface area (Å²) in [4.78, 5) is 4.69. The fourth-order valence-corrected chi connectivity index (χ4v) is 5.56. The Morgan fingerprint density at radius 1 is 1.15 bits per heavy atom. The van der Waals surface area contributed by atoms with Gasteiger partial charge in [-0.15, -0.1) is 0 Å². The molecule has 4 atom stereocenters. The smallest absolute Gasteiger partial charge is 0.235 e. The number of benzene rings is 2. The third-order valence-corrected chi connectivity index (χ3v) is 7.52. The quantitative estimate of drug-likeness (QED) is 0.656. The van der Waals surface area contributed by atoms with Gasteiger partial charge in [0.05, 0.1) is 22.4 Å². The lowest BCUT2D eigenvalue weighted by Gasteiger charge is -2.25. The van der Waals surface area contributed by atoms with Gasteiger partial charge in [-0.25, -0.2) is 17.2 Å². The first-order chi connectivity index (χ1) is 16.1. The van der Waals surface area contributed by atoms with E-state index in [-0.39, 0.29) is 16.7 Å². The summed E-state index contributed by atoms with van der Waals surface area (Å²) < 4.78 is 57.6. The monoisotopic (exact) mass is 483 g/mol. The van der Waals surface area contributed by atoms with Crippen molar-refractivity contribution in [3.63, 3.8) is 0 Å². The lowest BCUT2D eigenvalue weighted by atomic mass is 9.79. The summed E-state index contributed by atoms with van der Waals surface area (Å²) in [6.07, 6.45) is 2.30. The Morgan fingerprint density at radius 2 is 1.85 bits per heavy atom. The molecule has 0 amide bonds. The van der Waals surface area contributed by atoms with Crippen molar-refractivity contribution in [2.75, 3.05) is 6.26 Å². The zero-order chi connectivity index (χ0) is 24.2. The summed E-state index contributed by atoms with van der Waals surface area (Å²) in [5.41, 5.74) is 3.48. The van der Waals surface area contributed by atoms with Crippen molar-refractivity contribution >= 4 is 21.1 Å². The van der Waals surface area contributed by atoms with Gasteiger partial charge in [0, 0.05) is 36.2 Å². The van der Waals surface area contributed by atoms with Crippen LogP contribution in [0.5, 0.6) is 5.75 Å². The molecule has 0 aromatic heterocycles. The molecule has 0 saturated carbocycles. The maximum atomic E-state index is 15.1. The second kappa shape index (κ2) is 8.29. The standard InChI is InChI=1S/C26H23F2NO4S/c1-14(27)33-24-6-4-3-5-17(24)19-12-23(30)26-25(19)20-11-18(21(28)13-22(20)29-26)15-7-9-16(10-8-15)34(2,31)32/h3-11,13-14,19-20,23,30H,12H2,1-2H3/t14?,19-,20?,23-/m1/s1. The van der Waals surface area contributed by atoms with Crippen molar-refractivity contribution in [1.82, 2.24) is 0 Å². The molecule has 8 heteroatoms. The van der Waals surface area contributed by atoms with Crippen LogP contribution in [0.1, 0.15) is 30.4 Å². The highest BCUT2D eigenvalue weighted by Gasteiger charge is 2.44. The SMILES string of the molecule is CC(F)Oc1ccccc1[C@H]1C[C@@H](O)C2=C1C1C=C(c3ccc(S(C)(=O)=O)cc3)C(F)=CC1=N2. The Balaban J connectivity index is 1.55. The Labute approximate surface area is 196 Å². The number of allylic oxidation sites excluding steroid dienone is 5. The van der Waals surface area contributed by atoms with E-state index >= 15 is 4.39 Å². The van der Waals surface area contributed by atoms with Crippen LogP contribution in [-0.4, -0.2) is 38.0 Å². The maximum Gasteiger partial charge on any atom is 0.235 e. The van der Waals surface area contributed by atoms with Gasteiger partial charge in [-0.1, -0.05) is 36.4 Å². The highest BCUT2D eigenvalue weighted by atomic mass is 32.2. The van der Waals surface area contributed by atoms with Crippen molar-refractivity contribution in [3.05, 3.63) is 88.9 Å². The number of halogens is 2. The Morgan fingerprint density at radius 3 is 2.53 bits per heavy atom. The van der Waals surface area contributed by atoms with Gasteiger partial charge in [-0.2, -0.15) is 0 Å². The number of sulfone groups is 1. The zero-order valence-electron chi connectivity index (χ0n) is 18.6. The molecule has 0 bridgehead atoms. The molecular weight excluding hydrogens is 460 g/mol. The van der Waals surface area contributed by atoms with Crippen LogP contribution in [0.15, 0.2) is 87.7 Å². The van der Waals surface area contributed by atoms with Gasteiger partial charge in [-0.3, -0.25) is 4.99 Å². The average Bonchev–Trinajstić information content (AvgIpc) is 3.29. The number of rotatable bonds is 5. The Hall–Kier alpha value is -3.10. The van der Waals surface area contributed by atoms with Gasteiger partial charge < -0.3 is 9.84 Å². The first-order valence-electron chi connectivity index (χ1n) is 10.9. The number of para-hydroxylation sites is 1. The van der Waals surface area contributed by atoms with Gasteiger partial charge in [0.25, 0.3) is 0 Å². The minimum Gasteiger partial charge on any atom is -0.460 e. The normalized spacial score (nSPS) is 24.7. The second-order valence-corrected chi connectivity index (χ2v) is 10.7. The van der Waals surface area contributed by atoms with Crippen LogP contribution >= 0.6 is 0 Å². The summed E-state index contributed by atoms with van der Waals surface area (Å²) >= 11 is 0. The van der Waals surface area contributed by atoms with E-state index in [0.717, 1.165) is 17.4 Å². The van der Waals surface area contributed by atoms with Gasteiger partial charge >= 0.3 is 0 Å². The Kier molecular flexibility index (Phi) is 5.53. The molecule has 3 aliphatic rings. The van der Waals surface area contributed by atoms with E-state index in [2.05, 4.69) is 4.99 Å². The number of ether oxygens (including phenoxy) is 1. The van der Waals surface area contributed by atoms with E-state index in [4.69, 9.17) is 4.74 Å². The highest BCUT2D eigenvalue weighted by Crippen LogP contribution is 2.52. The number of hydrogen-bond acceptors (Lipinski definition) is 5. The third-order valence-electron chi connectivity index (χ3n) is 6.39. The minimum absolute atomic E-state index is 0.155. The summed E-state index contributed by atoms with van der Waals surface area (Å²) in [7, 11) is -3.37. The van der Waals surface area contributed by atoms with Crippen LogP contribution in [0.4, 0.5) is 8.78 Å². The van der Waals surface area contributed by atoms with E-state index in [9.17, 15) is 17.9 Å². The topological polar surface area (TPSA) is 76.0 Å². The number of hydrogen-bond donors (Lipinski definition) is 1. The van der Waals surface area contributed by atoms with Crippen LogP contribution in [0.25, 0.3) is 5.57 Å². The molecule has 2 unspecified atom stereocenters. The molecule has 1 heterocycles. The van der Waals surface area contributed by atoms with Gasteiger partial charge in [0.1, 0.15) is 11.6 Å². The molecule has 2 aliphatic carbocycles. The summed E-state index contributed by atoms with van der Waals surface area (Å²) in [6.45, 7) is 1.31. The molecule has 0 radical (unpaired) electrons. The fourth-order valence-electron chi connectivity index (χ4n) is 4.93. The first-order valence-corrected chi connectivity index (χ1v) is 12.8. The molecule has 5 rings (SSSR count). The van der Waals surface area contributed by atoms with E-state index in [1.165, 1.54) is 25.1 Å². The molecule has 1 aliphatic heterocycles. The van der Waals surface area contributed by atoms with Crippen molar-refractivity contribution in [2.24, 2.45) is 10.9 Å². The van der Waals surface area contributed by atoms with Crippen molar-refractivity contribution in [2.45, 2.75) is 36.6 Å². The molecule has 0 saturated heterocycles. The predicted octanol–water partition coefficient (Wildman–Crippen LogP) is 4.91. The number of fused-ring (bicyclic) bond motifs is 2. The molecule has 176 valence electrons. The number of alkyl halides is 1. The van der Waals surface area contributed by atoms with Crippen molar-refractivity contribution in [1.29, 1.82) is 0 Å². The van der Waals surface area contributed by atoms with Gasteiger partial charge in [0.15, 0.2) is 9.84 Å². The van der Waals surface area contributed by atoms with Crippen LogP contribution in [0.2, 0.25) is 0 Å². The van der Waals surface area contributed by atoms with E-state index in [1.54, 1.807) is 30.3 Å². The van der Waals surface area contributed by atoms with E-state index < -0.39 is 28.1 Å². The molecule has 0 spiro atoms. The number of aliphatic imine (C=N–C) groups is 1. The molecular formula is C26H23F2NO4S. The summed E-state index contributed by atoms with van der Waals surface area (Å²) in [6, 6.07) is 13.2. The second-order valence-electron chi connectivity index (χ2n) is 8.73. The lowest BCUT2D eigenvalue weighted by Crippen LogP contribution is -2.18. The van der Waals surface area contributed by atoms with Crippen LogP contribution in [0, 0.1) is 5.92 Å². The lowest BCUT2D eigenvalue weighted by molar-refractivity contribution is 0.0844. The molecule has 5 nitrogen and oxygen atoms in total. The van der Waals surface area contributed by atoms with E-state index in [1.807, 2.05) is 12.1 Å². The van der Waals surface area contributed by atoms with Crippen LogP contribution in [0.3, 0.4) is 0 Å². The largest absolute Gasteiger partial charge is 0.460 e. The highest BCUT2D eigenvalue weighted by molar-refractivity contribution is 7.90. The van der Waals surface area contributed by atoms with Gasteiger partial charge in [0.2, 0.25) is 6.36 Å². The number of aliphatic hydroxyl groups is 1. The Bertz CT molecular complexity index is 1390. The van der Waals surface area contributed by atoms with Crippen molar-refractivity contribution in [3.8, 4) is 5.75 Å². The van der Waals surface area contributed by atoms with Crippen molar-refractivity contribution < 1.29 is 27.0 Å². The average molecular weight is 484 g/mol. The molecule has 2 aromatic carbocycles. The summed E-state index contributed by atoms with van der Waals surface area (Å²) in [5, 5.41) is 10.7. The number of nitrogens with zero attached hydrogens (tertiary/aromatic N) is 1. The predicted molar refractivity (Wildman–Crippen MR) is 126 cm³/mol. The van der Waals surface area contributed by atoms with Crippen LogP contribution in [-0.2, 0) is 9.84 Å². The molecule has 1 N–H and O–H groups in total. The zero-order valence-corrected chi connectivity index (χ0v) is 19.4. The van der Waals surface area contributed by atoms with E-state index in [0.29, 0.717) is 34.7 Å². The molecule has 34 heavy (non-hydrogen) atoms. The molecule has 2 aromatic rings. The molecule has 0 fully saturated rings.